The van der Waals surface area contributed by atoms with Gasteiger partial charge in [0, 0.05) is 17.1 Å². The van der Waals surface area contributed by atoms with Crippen molar-refractivity contribution in [2.45, 2.75) is 57.9 Å². The molecule has 1 N–H and O–H groups in total. The fourth-order valence-electron chi connectivity index (χ4n) is 4.17. The smallest absolute Gasteiger partial charge is 0.143 e. The van der Waals surface area contributed by atoms with E-state index >= 15 is 0 Å². The van der Waals surface area contributed by atoms with Crippen LogP contribution in [0.25, 0.3) is 0 Å². The molecule has 2 fully saturated rings. The molecule has 0 aromatic heterocycles. The molecule has 3 rings (SSSR count). The first-order chi connectivity index (χ1) is 10.2. The van der Waals surface area contributed by atoms with Crippen LogP contribution in [0.4, 0.5) is 5.69 Å². The molecule has 2 aliphatic rings. The lowest BCUT2D eigenvalue weighted by Gasteiger charge is -2.40. The van der Waals surface area contributed by atoms with Gasteiger partial charge in [-0.3, -0.25) is 0 Å². The molecule has 3 atom stereocenters. The minimum atomic E-state index is 0.582. The number of methoxy groups -OCH3 is 1. The van der Waals surface area contributed by atoms with Crippen LogP contribution in [-0.4, -0.2) is 13.2 Å². The average molecular weight is 308 g/mol. The highest BCUT2D eigenvalue weighted by atomic mass is 35.5. The van der Waals surface area contributed by atoms with E-state index in [9.17, 15) is 0 Å². The van der Waals surface area contributed by atoms with E-state index in [-0.39, 0.29) is 0 Å². The molecule has 2 aliphatic carbocycles. The Morgan fingerprint density at radius 1 is 1.10 bits per heavy atom. The maximum absolute atomic E-state index is 6.19. The van der Waals surface area contributed by atoms with Gasteiger partial charge in [-0.25, -0.2) is 0 Å². The summed E-state index contributed by atoms with van der Waals surface area (Å²) in [6.07, 6.45) is 9.75. The number of nitrogens with one attached hydrogen (secondary N) is 1. The fourth-order valence-corrected chi connectivity index (χ4v) is 4.32. The number of hydrogen-bond donors (Lipinski definition) is 1. The lowest BCUT2D eigenvalue weighted by Crippen LogP contribution is -2.34. The normalized spacial score (nSPS) is 28.8. The van der Waals surface area contributed by atoms with E-state index in [0.717, 1.165) is 33.9 Å². The Kier molecular flexibility index (Phi) is 4.63. The lowest BCUT2D eigenvalue weighted by atomic mass is 9.69. The van der Waals surface area contributed by atoms with Gasteiger partial charge in [0.05, 0.1) is 12.8 Å². The van der Waals surface area contributed by atoms with Crippen LogP contribution in [0.1, 0.15) is 50.5 Å². The monoisotopic (exact) mass is 307 g/mol. The van der Waals surface area contributed by atoms with Crippen LogP contribution in [0, 0.1) is 18.8 Å². The number of anilines is 1. The van der Waals surface area contributed by atoms with Crippen LogP contribution in [-0.2, 0) is 0 Å². The largest absolute Gasteiger partial charge is 0.495 e. The topological polar surface area (TPSA) is 21.3 Å². The number of ether oxygens (including phenoxy) is 1. The number of aryl methyl sites for hydroxylation is 1. The standard InChI is InChI=1S/C18H26ClNO/c1-12-9-17(18(21-2)11-16(12)19)20-15-8-7-13-5-3-4-6-14(13)10-15/h9,11,13-15,20H,3-8,10H2,1-2H3. The minimum absolute atomic E-state index is 0.582. The fraction of sp³-hybridized carbons (Fsp3) is 0.667. The first-order valence-electron chi connectivity index (χ1n) is 8.28. The molecular formula is C18H26ClNO. The quantitative estimate of drug-likeness (QED) is 0.804. The van der Waals surface area contributed by atoms with Crippen molar-refractivity contribution >= 4 is 17.3 Å². The number of hydrogen-bond acceptors (Lipinski definition) is 2. The summed E-state index contributed by atoms with van der Waals surface area (Å²) in [4.78, 5) is 0. The second-order valence-electron chi connectivity index (χ2n) is 6.76. The van der Waals surface area contributed by atoms with Gasteiger partial charge in [-0.15, -0.1) is 0 Å². The maximum atomic E-state index is 6.19. The van der Waals surface area contributed by atoms with E-state index in [4.69, 9.17) is 16.3 Å². The molecule has 0 heterocycles. The van der Waals surface area contributed by atoms with Crippen LogP contribution >= 0.6 is 11.6 Å². The molecule has 1 aromatic carbocycles. The van der Waals surface area contributed by atoms with Gasteiger partial charge in [-0.05, 0) is 49.7 Å². The van der Waals surface area contributed by atoms with Gasteiger partial charge in [0.2, 0.25) is 0 Å². The summed E-state index contributed by atoms with van der Waals surface area (Å²) in [7, 11) is 1.71. The second kappa shape index (κ2) is 6.48. The maximum Gasteiger partial charge on any atom is 0.143 e. The van der Waals surface area contributed by atoms with Crippen molar-refractivity contribution < 1.29 is 4.74 Å². The molecule has 2 saturated carbocycles. The van der Waals surface area contributed by atoms with Gasteiger partial charge >= 0.3 is 0 Å². The summed E-state index contributed by atoms with van der Waals surface area (Å²) >= 11 is 6.19. The molecule has 0 bridgehead atoms. The molecular weight excluding hydrogens is 282 g/mol. The molecule has 0 aliphatic heterocycles. The Morgan fingerprint density at radius 2 is 1.86 bits per heavy atom. The van der Waals surface area contributed by atoms with Gasteiger partial charge in [-0.2, -0.15) is 0 Å². The Morgan fingerprint density at radius 3 is 2.62 bits per heavy atom. The average Bonchev–Trinajstić information content (AvgIpc) is 2.50. The zero-order valence-corrected chi connectivity index (χ0v) is 13.9. The zero-order valence-electron chi connectivity index (χ0n) is 13.1. The molecule has 116 valence electrons. The first-order valence-corrected chi connectivity index (χ1v) is 8.66. The van der Waals surface area contributed by atoms with Crippen LogP contribution in [0.5, 0.6) is 5.75 Å². The molecule has 1 aromatic rings. The van der Waals surface area contributed by atoms with Crippen molar-refractivity contribution in [2.75, 3.05) is 12.4 Å². The summed E-state index contributed by atoms with van der Waals surface area (Å²) in [5, 5.41) is 4.49. The van der Waals surface area contributed by atoms with Gasteiger partial charge in [0.1, 0.15) is 5.75 Å². The van der Waals surface area contributed by atoms with Crippen molar-refractivity contribution in [1.82, 2.24) is 0 Å². The van der Waals surface area contributed by atoms with Gasteiger partial charge in [-0.1, -0.05) is 37.3 Å². The van der Waals surface area contributed by atoms with E-state index in [1.165, 1.54) is 44.9 Å². The number of benzene rings is 1. The summed E-state index contributed by atoms with van der Waals surface area (Å²) < 4.78 is 5.48. The van der Waals surface area contributed by atoms with Gasteiger partial charge in [0.25, 0.3) is 0 Å². The highest BCUT2D eigenvalue weighted by Gasteiger charge is 2.32. The molecule has 0 spiro atoms. The Bertz CT molecular complexity index is 502. The predicted octanol–water partition coefficient (Wildman–Crippen LogP) is 5.43. The van der Waals surface area contributed by atoms with E-state index in [0.29, 0.717) is 6.04 Å². The Hall–Kier alpha value is -0.890. The third-order valence-electron chi connectivity index (χ3n) is 5.38. The van der Waals surface area contributed by atoms with Crippen molar-refractivity contribution in [3.05, 3.63) is 22.7 Å². The van der Waals surface area contributed by atoms with E-state index in [1.807, 2.05) is 13.0 Å². The van der Waals surface area contributed by atoms with Crippen LogP contribution in [0.2, 0.25) is 5.02 Å². The van der Waals surface area contributed by atoms with E-state index < -0.39 is 0 Å². The van der Waals surface area contributed by atoms with E-state index in [2.05, 4.69) is 11.4 Å². The van der Waals surface area contributed by atoms with Crippen molar-refractivity contribution in [2.24, 2.45) is 11.8 Å². The van der Waals surface area contributed by atoms with Crippen molar-refractivity contribution in [3.63, 3.8) is 0 Å². The van der Waals surface area contributed by atoms with Gasteiger partial charge in [0.15, 0.2) is 0 Å². The summed E-state index contributed by atoms with van der Waals surface area (Å²) in [5.41, 5.74) is 2.20. The van der Waals surface area contributed by atoms with Crippen LogP contribution in [0.3, 0.4) is 0 Å². The third-order valence-corrected chi connectivity index (χ3v) is 5.79. The van der Waals surface area contributed by atoms with Crippen molar-refractivity contribution in [1.29, 1.82) is 0 Å². The molecule has 0 radical (unpaired) electrons. The number of fused-ring (bicyclic) bond motifs is 1. The molecule has 2 nitrogen and oxygen atoms in total. The molecule has 0 amide bonds. The SMILES string of the molecule is COc1cc(Cl)c(C)cc1NC1CCC2CCCCC2C1. The van der Waals surface area contributed by atoms with E-state index in [1.54, 1.807) is 7.11 Å². The summed E-state index contributed by atoms with van der Waals surface area (Å²) in [5.74, 6) is 2.78. The number of rotatable bonds is 3. The van der Waals surface area contributed by atoms with Crippen LogP contribution in [0.15, 0.2) is 12.1 Å². The Labute approximate surface area is 133 Å². The van der Waals surface area contributed by atoms with Crippen molar-refractivity contribution in [3.8, 4) is 5.75 Å². The summed E-state index contributed by atoms with van der Waals surface area (Å²) in [6.45, 7) is 2.05. The first kappa shape index (κ1) is 15.0. The molecule has 3 heteroatoms. The van der Waals surface area contributed by atoms with Gasteiger partial charge < -0.3 is 10.1 Å². The zero-order chi connectivity index (χ0) is 14.8. The minimum Gasteiger partial charge on any atom is -0.495 e. The van der Waals surface area contributed by atoms with Crippen LogP contribution < -0.4 is 10.1 Å². The molecule has 3 unspecified atom stereocenters. The highest BCUT2D eigenvalue weighted by molar-refractivity contribution is 6.31. The second-order valence-corrected chi connectivity index (χ2v) is 7.17. The molecule has 21 heavy (non-hydrogen) atoms. The lowest BCUT2D eigenvalue weighted by molar-refractivity contribution is 0.162. The summed E-state index contributed by atoms with van der Waals surface area (Å²) in [6, 6.07) is 4.62. The molecule has 0 saturated heterocycles. The highest BCUT2D eigenvalue weighted by Crippen LogP contribution is 2.42. The number of halogens is 1. The Balaban J connectivity index is 1.70. The predicted molar refractivity (Wildman–Crippen MR) is 89.5 cm³/mol. The third kappa shape index (κ3) is 3.31.